The molecule has 0 N–H and O–H groups in total. The molecule has 2 rings (SSSR count). The first kappa shape index (κ1) is 15.3. The lowest BCUT2D eigenvalue weighted by atomic mass is 9.72. The van der Waals surface area contributed by atoms with E-state index in [1.54, 1.807) is 6.07 Å². The van der Waals surface area contributed by atoms with Crippen LogP contribution < -0.4 is 0 Å². The summed E-state index contributed by atoms with van der Waals surface area (Å²) in [6.07, 6.45) is -0.873. The summed E-state index contributed by atoms with van der Waals surface area (Å²) in [5.41, 5.74) is 0.146. The van der Waals surface area contributed by atoms with Crippen molar-refractivity contribution in [2.45, 2.75) is 25.2 Å². The molecule has 0 aromatic heterocycles. The van der Waals surface area contributed by atoms with Crippen LogP contribution in [-0.4, -0.2) is 30.6 Å². The third-order valence-electron chi connectivity index (χ3n) is 3.71. The number of ether oxygens (including phenoxy) is 1. The number of alkyl halides is 2. The van der Waals surface area contributed by atoms with E-state index in [0.717, 1.165) is 14.0 Å². The molecule has 6 heteroatoms. The Morgan fingerprint density at radius 2 is 1.95 bits per heavy atom. The fourth-order valence-corrected chi connectivity index (χ4v) is 2.74. The quantitative estimate of drug-likeness (QED) is 0.634. The minimum absolute atomic E-state index is 0.145. The van der Waals surface area contributed by atoms with Crippen LogP contribution in [-0.2, 0) is 14.3 Å². The van der Waals surface area contributed by atoms with Gasteiger partial charge < -0.3 is 4.74 Å². The largest absolute Gasteiger partial charge is 0.468 e. The molecule has 0 fully saturated rings. The molecule has 112 valence electrons. The summed E-state index contributed by atoms with van der Waals surface area (Å²) in [4.78, 5) is 35.3. The van der Waals surface area contributed by atoms with Crippen molar-refractivity contribution in [3.8, 4) is 0 Å². The van der Waals surface area contributed by atoms with Gasteiger partial charge in [-0.05, 0) is 12.5 Å². The van der Waals surface area contributed by atoms with E-state index in [2.05, 4.69) is 4.74 Å². The summed E-state index contributed by atoms with van der Waals surface area (Å²) < 4.78 is 32.4. The van der Waals surface area contributed by atoms with E-state index in [-0.39, 0.29) is 5.56 Å². The van der Waals surface area contributed by atoms with Gasteiger partial charge in [-0.15, -0.1) is 0 Å². The molecule has 1 aromatic rings. The van der Waals surface area contributed by atoms with Crippen molar-refractivity contribution in [2.24, 2.45) is 5.92 Å². The van der Waals surface area contributed by atoms with E-state index in [9.17, 15) is 23.2 Å². The average molecular weight is 296 g/mol. The highest BCUT2D eigenvalue weighted by molar-refractivity contribution is 6.05. The van der Waals surface area contributed by atoms with Crippen molar-refractivity contribution >= 4 is 17.5 Å². The second-order valence-corrected chi connectivity index (χ2v) is 5.04. The van der Waals surface area contributed by atoms with Crippen LogP contribution in [0.25, 0.3) is 0 Å². The number of fused-ring (bicyclic) bond motifs is 1. The summed E-state index contributed by atoms with van der Waals surface area (Å²) in [6, 6.07) is 5.82. The first-order valence-corrected chi connectivity index (χ1v) is 6.39. The van der Waals surface area contributed by atoms with Crippen molar-refractivity contribution in [3.63, 3.8) is 0 Å². The lowest BCUT2D eigenvalue weighted by molar-refractivity contribution is -0.150. The van der Waals surface area contributed by atoms with Crippen LogP contribution >= 0.6 is 0 Å². The summed E-state index contributed by atoms with van der Waals surface area (Å²) >= 11 is 0. The number of methoxy groups -OCH3 is 1. The van der Waals surface area contributed by atoms with E-state index in [1.165, 1.54) is 18.2 Å². The van der Waals surface area contributed by atoms with Crippen LogP contribution in [0.2, 0.25) is 0 Å². The van der Waals surface area contributed by atoms with Gasteiger partial charge in [0, 0.05) is 17.9 Å². The predicted molar refractivity (Wildman–Crippen MR) is 69.3 cm³/mol. The van der Waals surface area contributed by atoms with Gasteiger partial charge in [0.15, 0.2) is 0 Å². The van der Waals surface area contributed by atoms with Crippen LogP contribution in [0.4, 0.5) is 8.78 Å². The van der Waals surface area contributed by atoms with Crippen LogP contribution in [0.15, 0.2) is 24.3 Å². The van der Waals surface area contributed by atoms with Crippen molar-refractivity contribution in [1.29, 1.82) is 0 Å². The zero-order valence-electron chi connectivity index (χ0n) is 11.6. The van der Waals surface area contributed by atoms with Gasteiger partial charge in [-0.3, -0.25) is 14.4 Å². The van der Waals surface area contributed by atoms with Crippen molar-refractivity contribution in [3.05, 3.63) is 35.4 Å². The van der Waals surface area contributed by atoms with Gasteiger partial charge in [-0.1, -0.05) is 24.3 Å². The zero-order valence-corrected chi connectivity index (χ0v) is 11.6. The number of ketones is 2. The lowest BCUT2D eigenvalue weighted by Gasteiger charge is -2.33. The molecule has 1 aromatic carbocycles. The Morgan fingerprint density at radius 1 is 1.33 bits per heavy atom. The van der Waals surface area contributed by atoms with E-state index in [0.29, 0.717) is 5.56 Å². The molecular formula is C15H14F2O4. The summed E-state index contributed by atoms with van der Waals surface area (Å²) in [5, 5.41) is 0. The predicted octanol–water partition coefficient (Wildman–Crippen LogP) is 2.37. The third kappa shape index (κ3) is 2.57. The van der Waals surface area contributed by atoms with Gasteiger partial charge in [-0.2, -0.15) is 8.78 Å². The van der Waals surface area contributed by atoms with Crippen LogP contribution in [0.1, 0.15) is 35.2 Å². The standard InChI is InChI=1S/C15H14F2O4/c1-8(18)12(14(20)21-2)11-7-15(16,17)13(19)10-6-4-3-5-9(10)11/h3-6,11-12H,7H2,1-2H3. The number of halogens is 2. The number of hydrogen-bond donors (Lipinski definition) is 0. The van der Waals surface area contributed by atoms with Crippen LogP contribution in [0.5, 0.6) is 0 Å². The van der Waals surface area contributed by atoms with Gasteiger partial charge in [-0.25, -0.2) is 0 Å². The molecule has 0 heterocycles. The van der Waals surface area contributed by atoms with Crippen molar-refractivity contribution < 1.29 is 27.9 Å². The van der Waals surface area contributed by atoms with Gasteiger partial charge in [0.05, 0.1) is 7.11 Å². The molecule has 2 atom stereocenters. The summed E-state index contributed by atoms with van der Waals surface area (Å²) in [7, 11) is 1.09. The van der Waals surface area contributed by atoms with E-state index >= 15 is 0 Å². The maximum absolute atomic E-state index is 13.9. The first-order valence-electron chi connectivity index (χ1n) is 6.39. The second kappa shape index (κ2) is 5.35. The highest BCUT2D eigenvalue weighted by Gasteiger charge is 2.51. The molecule has 1 aliphatic carbocycles. The Labute approximate surface area is 120 Å². The minimum atomic E-state index is -3.60. The number of carbonyl (C=O) groups excluding carboxylic acids is 3. The second-order valence-electron chi connectivity index (χ2n) is 5.04. The molecule has 0 amide bonds. The number of carbonyl (C=O) groups is 3. The molecule has 0 bridgehead atoms. The van der Waals surface area contributed by atoms with Crippen molar-refractivity contribution in [2.75, 3.05) is 7.11 Å². The zero-order chi connectivity index (χ0) is 15.8. The number of Topliss-reactive ketones (excluding diaryl/α,β-unsaturated/α-hetero) is 2. The molecule has 0 saturated carbocycles. The lowest BCUT2D eigenvalue weighted by Crippen LogP contribution is -2.42. The minimum Gasteiger partial charge on any atom is -0.468 e. The topological polar surface area (TPSA) is 60.4 Å². The molecule has 4 nitrogen and oxygen atoms in total. The Morgan fingerprint density at radius 3 is 2.52 bits per heavy atom. The maximum atomic E-state index is 13.9. The van der Waals surface area contributed by atoms with Gasteiger partial charge in [0.2, 0.25) is 5.78 Å². The Kier molecular flexibility index (Phi) is 3.89. The number of esters is 1. The molecule has 2 unspecified atom stereocenters. The highest BCUT2D eigenvalue weighted by Crippen LogP contribution is 2.44. The molecule has 0 aliphatic heterocycles. The fraction of sp³-hybridized carbons (Fsp3) is 0.400. The molecule has 21 heavy (non-hydrogen) atoms. The molecule has 1 aliphatic rings. The fourth-order valence-electron chi connectivity index (χ4n) is 2.74. The smallest absolute Gasteiger partial charge is 0.316 e. The summed E-state index contributed by atoms with van der Waals surface area (Å²) in [6.45, 7) is 1.15. The van der Waals surface area contributed by atoms with Gasteiger partial charge in [0.1, 0.15) is 11.7 Å². The Balaban J connectivity index is 2.58. The van der Waals surface area contributed by atoms with E-state index in [4.69, 9.17) is 0 Å². The van der Waals surface area contributed by atoms with Crippen LogP contribution in [0, 0.1) is 5.92 Å². The molecular weight excluding hydrogens is 282 g/mol. The van der Waals surface area contributed by atoms with Gasteiger partial charge in [0.25, 0.3) is 0 Å². The van der Waals surface area contributed by atoms with E-state index in [1.807, 2.05) is 0 Å². The Bertz CT molecular complexity index is 609. The molecule has 0 radical (unpaired) electrons. The van der Waals surface area contributed by atoms with E-state index < -0.39 is 41.7 Å². The number of rotatable bonds is 3. The monoisotopic (exact) mass is 296 g/mol. The Hall–Kier alpha value is -2.11. The third-order valence-corrected chi connectivity index (χ3v) is 3.71. The number of benzene rings is 1. The molecule has 0 saturated heterocycles. The van der Waals surface area contributed by atoms with Gasteiger partial charge >= 0.3 is 11.9 Å². The van der Waals surface area contributed by atoms with Crippen LogP contribution in [0.3, 0.4) is 0 Å². The summed E-state index contributed by atoms with van der Waals surface area (Å²) in [5.74, 6) is -8.71. The SMILES string of the molecule is COC(=O)C(C(C)=O)C1CC(F)(F)C(=O)c2ccccc21. The normalized spacial score (nSPS) is 21.3. The first-order chi connectivity index (χ1) is 9.79. The molecule has 0 spiro atoms. The number of hydrogen-bond acceptors (Lipinski definition) is 4. The maximum Gasteiger partial charge on any atom is 0.316 e. The average Bonchev–Trinajstić information content (AvgIpc) is 2.43. The van der Waals surface area contributed by atoms with Crippen molar-refractivity contribution in [1.82, 2.24) is 0 Å². The highest BCUT2D eigenvalue weighted by atomic mass is 19.3.